The molecule has 9 heteroatoms. The summed E-state index contributed by atoms with van der Waals surface area (Å²) in [4.78, 5) is 9.95. The van der Waals surface area contributed by atoms with Crippen molar-refractivity contribution in [1.82, 2.24) is 0 Å². The van der Waals surface area contributed by atoms with Crippen LogP contribution in [-0.2, 0) is 6.18 Å². The minimum Gasteiger partial charge on any atom is -0.272 e. The van der Waals surface area contributed by atoms with Gasteiger partial charge in [0, 0.05) is 11.6 Å². The predicted molar refractivity (Wildman–Crippen MR) is 73.6 cm³/mol. The maximum Gasteiger partial charge on any atom is 0.416 e. The first kappa shape index (κ1) is 15.0. The number of rotatable bonds is 4. The van der Waals surface area contributed by atoms with Gasteiger partial charge >= 0.3 is 6.18 Å². The maximum atomic E-state index is 12.5. The second kappa shape index (κ2) is 5.92. The molecule has 21 heavy (non-hydrogen) atoms. The average Bonchev–Trinajstić information content (AvgIpc) is 2.90. The molecule has 0 bridgehead atoms. The number of anilines is 1. The van der Waals surface area contributed by atoms with Crippen molar-refractivity contribution in [2.24, 2.45) is 5.10 Å². The Hall–Kier alpha value is -2.42. The van der Waals surface area contributed by atoms with Crippen LogP contribution in [0, 0.1) is 10.1 Å². The summed E-state index contributed by atoms with van der Waals surface area (Å²) in [6.45, 7) is 0. The highest BCUT2D eigenvalue weighted by Gasteiger charge is 2.33. The van der Waals surface area contributed by atoms with Crippen LogP contribution < -0.4 is 5.43 Å². The number of nitrogens with one attached hydrogen (secondary N) is 1. The van der Waals surface area contributed by atoms with Crippen LogP contribution in [0.15, 0.2) is 40.1 Å². The third-order valence-electron chi connectivity index (χ3n) is 2.46. The zero-order valence-corrected chi connectivity index (χ0v) is 11.1. The van der Waals surface area contributed by atoms with E-state index in [0.29, 0.717) is 6.07 Å². The van der Waals surface area contributed by atoms with Gasteiger partial charge < -0.3 is 0 Å². The quantitative estimate of drug-likeness (QED) is 0.524. The maximum absolute atomic E-state index is 12.5. The Labute approximate surface area is 120 Å². The van der Waals surface area contributed by atoms with Gasteiger partial charge in [0.05, 0.1) is 16.7 Å². The molecule has 0 amide bonds. The summed E-state index contributed by atoms with van der Waals surface area (Å²) in [6.07, 6.45) is -3.22. The zero-order valence-electron chi connectivity index (χ0n) is 10.3. The Balaban J connectivity index is 2.25. The molecule has 0 aliphatic heterocycles. The fourth-order valence-corrected chi connectivity index (χ4v) is 2.09. The van der Waals surface area contributed by atoms with E-state index in [9.17, 15) is 23.3 Å². The number of nitrogens with zero attached hydrogens (tertiary/aromatic N) is 2. The van der Waals surface area contributed by atoms with Crippen LogP contribution in [0.1, 0.15) is 11.1 Å². The van der Waals surface area contributed by atoms with Gasteiger partial charge in [-0.3, -0.25) is 15.5 Å². The third-order valence-corrected chi connectivity index (χ3v) is 3.17. The average molecular weight is 315 g/mol. The summed E-state index contributed by atoms with van der Waals surface area (Å²) >= 11 is 1.45. The highest BCUT2D eigenvalue weighted by molar-refractivity contribution is 7.08. The van der Waals surface area contributed by atoms with Gasteiger partial charge in [-0.05, 0) is 29.0 Å². The lowest BCUT2D eigenvalue weighted by Gasteiger charge is -2.08. The molecule has 0 saturated heterocycles. The van der Waals surface area contributed by atoms with Crippen LogP contribution >= 0.6 is 11.3 Å². The molecule has 5 nitrogen and oxygen atoms in total. The molecule has 0 aliphatic carbocycles. The minimum absolute atomic E-state index is 0.112. The Morgan fingerprint density at radius 3 is 2.67 bits per heavy atom. The molecule has 1 N–H and O–H groups in total. The van der Waals surface area contributed by atoms with Gasteiger partial charge in [0.2, 0.25) is 0 Å². The first-order valence-corrected chi connectivity index (χ1v) is 6.49. The molecule has 0 aliphatic rings. The number of alkyl halides is 3. The lowest BCUT2D eigenvalue weighted by atomic mass is 10.1. The van der Waals surface area contributed by atoms with Crippen LogP contribution in [0.5, 0.6) is 0 Å². The van der Waals surface area contributed by atoms with Crippen LogP contribution in [0.4, 0.5) is 24.5 Å². The highest BCUT2D eigenvalue weighted by atomic mass is 32.1. The first-order chi connectivity index (χ1) is 9.88. The van der Waals surface area contributed by atoms with Crippen molar-refractivity contribution in [3.63, 3.8) is 0 Å². The van der Waals surface area contributed by atoms with Gasteiger partial charge in [0.1, 0.15) is 5.69 Å². The molecule has 0 saturated carbocycles. The van der Waals surface area contributed by atoms with Crippen molar-refractivity contribution in [2.45, 2.75) is 6.18 Å². The van der Waals surface area contributed by atoms with Crippen LogP contribution in [0.2, 0.25) is 0 Å². The number of nitro groups is 1. The lowest BCUT2D eigenvalue weighted by Crippen LogP contribution is -2.06. The minimum atomic E-state index is -4.64. The molecule has 2 aromatic rings. The molecule has 110 valence electrons. The summed E-state index contributed by atoms with van der Waals surface area (Å²) in [6, 6.07) is 3.99. The van der Waals surface area contributed by atoms with Crippen molar-refractivity contribution >= 4 is 28.9 Å². The molecular formula is C12H8F3N3O2S. The van der Waals surface area contributed by atoms with E-state index < -0.39 is 22.4 Å². The van der Waals surface area contributed by atoms with Crippen LogP contribution in [0.25, 0.3) is 0 Å². The molecule has 1 aromatic carbocycles. The molecule has 0 unspecified atom stereocenters. The number of thiophene rings is 1. The van der Waals surface area contributed by atoms with Gasteiger partial charge in [0.25, 0.3) is 5.69 Å². The number of benzene rings is 1. The van der Waals surface area contributed by atoms with E-state index in [1.54, 1.807) is 11.4 Å². The van der Waals surface area contributed by atoms with Crippen molar-refractivity contribution < 1.29 is 18.1 Å². The first-order valence-electron chi connectivity index (χ1n) is 5.55. The predicted octanol–water partition coefficient (Wildman–Crippen LogP) is 4.12. The molecule has 2 rings (SSSR count). The Kier molecular flexibility index (Phi) is 4.22. The van der Waals surface area contributed by atoms with Gasteiger partial charge in [0.15, 0.2) is 0 Å². The van der Waals surface area contributed by atoms with Gasteiger partial charge in [-0.25, -0.2) is 0 Å². The molecule has 0 fully saturated rings. The summed E-state index contributed by atoms with van der Waals surface area (Å²) in [5.74, 6) is 0. The third kappa shape index (κ3) is 3.78. The number of hydrogen-bond acceptors (Lipinski definition) is 5. The largest absolute Gasteiger partial charge is 0.416 e. The molecule has 1 aromatic heterocycles. The number of hydrogen-bond donors (Lipinski definition) is 1. The number of halogens is 3. The van der Waals surface area contributed by atoms with E-state index in [2.05, 4.69) is 10.5 Å². The lowest BCUT2D eigenvalue weighted by molar-refractivity contribution is -0.384. The number of hydrazone groups is 1. The Morgan fingerprint density at radius 1 is 1.33 bits per heavy atom. The van der Waals surface area contributed by atoms with E-state index >= 15 is 0 Å². The second-order valence-electron chi connectivity index (χ2n) is 3.91. The number of nitro benzene ring substituents is 1. The normalized spacial score (nSPS) is 11.8. The van der Waals surface area contributed by atoms with E-state index in [1.807, 2.05) is 5.38 Å². The van der Waals surface area contributed by atoms with Crippen molar-refractivity contribution in [2.75, 3.05) is 5.43 Å². The smallest absolute Gasteiger partial charge is 0.272 e. The van der Waals surface area contributed by atoms with E-state index in [4.69, 9.17) is 0 Å². The van der Waals surface area contributed by atoms with Crippen molar-refractivity contribution in [1.29, 1.82) is 0 Å². The summed E-state index contributed by atoms with van der Waals surface area (Å²) in [5, 5.41) is 18.2. The van der Waals surface area contributed by atoms with Gasteiger partial charge in [-0.2, -0.15) is 29.6 Å². The van der Waals surface area contributed by atoms with Crippen molar-refractivity contribution in [3.8, 4) is 0 Å². The standard InChI is InChI=1S/C12H8F3N3O2S/c13-12(14,15)9-1-2-10(11(5-9)18(19)20)17-16-6-8-3-4-21-7-8/h1-7,17H/b16-6-. The summed E-state index contributed by atoms with van der Waals surface area (Å²) < 4.78 is 37.6. The van der Waals surface area contributed by atoms with Gasteiger partial charge in [-0.1, -0.05) is 0 Å². The summed E-state index contributed by atoms with van der Waals surface area (Å²) in [5.41, 5.74) is 1.28. The fraction of sp³-hybridized carbons (Fsp3) is 0.0833. The summed E-state index contributed by atoms with van der Waals surface area (Å²) in [7, 11) is 0. The molecular weight excluding hydrogens is 307 g/mol. The fourth-order valence-electron chi connectivity index (χ4n) is 1.48. The molecule has 0 radical (unpaired) electrons. The second-order valence-corrected chi connectivity index (χ2v) is 4.69. The Morgan fingerprint density at radius 2 is 2.10 bits per heavy atom. The van der Waals surface area contributed by atoms with E-state index in [1.165, 1.54) is 17.6 Å². The molecule has 1 heterocycles. The van der Waals surface area contributed by atoms with Crippen LogP contribution in [0.3, 0.4) is 0 Å². The van der Waals surface area contributed by atoms with E-state index in [0.717, 1.165) is 17.7 Å². The monoisotopic (exact) mass is 315 g/mol. The molecule has 0 spiro atoms. The van der Waals surface area contributed by atoms with Crippen molar-refractivity contribution in [3.05, 3.63) is 56.3 Å². The van der Waals surface area contributed by atoms with E-state index in [-0.39, 0.29) is 5.69 Å². The van der Waals surface area contributed by atoms with Gasteiger partial charge in [-0.15, -0.1) is 0 Å². The van der Waals surface area contributed by atoms with Crippen LogP contribution in [-0.4, -0.2) is 11.1 Å². The zero-order chi connectivity index (χ0) is 15.5. The molecule has 0 atom stereocenters. The highest BCUT2D eigenvalue weighted by Crippen LogP contribution is 2.34. The Bertz CT molecular complexity index is 669. The SMILES string of the molecule is O=[N+]([O-])c1cc(C(F)(F)F)ccc1N/N=C\c1ccsc1. The topological polar surface area (TPSA) is 67.5 Å².